The molecule has 2 aromatic carbocycles. The summed E-state index contributed by atoms with van der Waals surface area (Å²) in [4.78, 5) is 13.1. The van der Waals surface area contributed by atoms with Crippen LogP contribution in [0.4, 0.5) is 13.2 Å². The van der Waals surface area contributed by atoms with Gasteiger partial charge in [-0.25, -0.2) is 0 Å². The Bertz CT molecular complexity index is 850. The van der Waals surface area contributed by atoms with Crippen molar-refractivity contribution in [1.82, 2.24) is 4.90 Å². The highest BCUT2D eigenvalue weighted by Crippen LogP contribution is 2.41. The highest BCUT2D eigenvalue weighted by Gasteiger charge is 2.31. The molecule has 0 saturated heterocycles. The van der Waals surface area contributed by atoms with Crippen molar-refractivity contribution in [3.63, 3.8) is 0 Å². The quantitative estimate of drug-likeness (QED) is 0.727. The molecule has 0 saturated carbocycles. The molecule has 1 atom stereocenters. The fourth-order valence-electron chi connectivity index (χ4n) is 3.11. The third-order valence-electron chi connectivity index (χ3n) is 4.27. The fourth-order valence-corrected chi connectivity index (χ4v) is 3.61. The summed E-state index contributed by atoms with van der Waals surface area (Å²) in [5.74, 6) is -0.155. The lowest BCUT2D eigenvalue weighted by molar-refractivity contribution is -0.153. The first-order valence-corrected chi connectivity index (χ1v) is 8.66. The second-order valence-electron chi connectivity index (χ2n) is 6.09. The number of benzene rings is 2. The number of phenolic OH excluding ortho intramolecular Hbond substituents is 1. The van der Waals surface area contributed by atoms with Gasteiger partial charge in [0, 0.05) is 6.54 Å². The number of nitrogens with zero attached hydrogens (tertiary/aromatic N) is 1. The smallest absolute Gasteiger partial charge is 0.422 e. The van der Waals surface area contributed by atoms with Crippen molar-refractivity contribution < 1.29 is 27.8 Å². The maximum Gasteiger partial charge on any atom is 0.422 e. The van der Waals surface area contributed by atoms with E-state index in [4.69, 9.17) is 27.9 Å². The number of halogens is 5. The minimum Gasteiger partial charge on any atom is -0.505 e. The molecule has 1 aliphatic heterocycles. The van der Waals surface area contributed by atoms with Gasteiger partial charge in [-0.1, -0.05) is 29.3 Å². The molecular formula is C18H14Cl2F3NO3. The summed E-state index contributed by atoms with van der Waals surface area (Å²) in [5.41, 5.74) is 2.07. The van der Waals surface area contributed by atoms with Gasteiger partial charge in [-0.05, 0) is 47.4 Å². The third kappa shape index (κ3) is 4.25. The second kappa shape index (κ2) is 7.48. The van der Waals surface area contributed by atoms with Gasteiger partial charge in [0.15, 0.2) is 12.4 Å². The number of carbonyl (C=O) groups excluding carboxylic acids is 1. The van der Waals surface area contributed by atoms with Gasteiger partial charge >= 0.3 is 6.18 Å². The standard InChI is InChI=1S/C18H14Cl2F3NO3/c19-14-6-11(7-15(20)17(14)26)16-13-2-1-12(27-8-18(21,22)23)5-10(13)3-4-24(16)9-25/h1-2,5-7,9,16,26H,3-4,8H2/t16-/m1/s1. The van der Waals surface area contributed by atoms with Crippen LogP contribution in [0.15, 0.2) is 30.3 Å². The van der Waals surface area contributed by atoms with E-state index in [0.717, 1.165) is 11.1 Å². The molecule has 0 spiro atoms. The lowest BCUT2D eigenvalue weighted by Crippen LogP contribution is -2.35. The first-order chi connectivity index (χ1) is 12.7. The van der Waals surface area contributed by atoms with Crippen molar-refractivity contribution in [2.24, 2.45) is 0 Å². The van der Waals surface area contributed by atoms with E-state index in [1.54, 1.807) is 12.1 Å². The molecule has 0 aromatic heterocycles. The third-order valence-corrected chi connectivity index (χ3v) is 4.85. The Balaban J connectivity index is 1.99. The van der Waals surface area contributed by atoms with Gasteiger partial charge in [0.05, 0.1) is 16.1 Å². The highest BCUT2D eigenvalue weighted by atomic mass is 35.5. The highest BCUT2D eigenvalue weighted by molar-refractivity contribution is 6.37. The molecule has 0 unspecified atom stereocenters. The first-order valence-electron chi connectivity index (χ1n) is 7.91. The SMILES string of the molecule is O=CN1CCc2cc(OCC(F)(F)F)ccc2[C@H]1c1cc(Cl)c(O)c(Cl)c1. The molecule has 0 radical (unpaired) electrons. The Morgan fingerprint density at radius 2 is 1.89 bits per heavy atom. The molecule has 1 amide bonds. The summed E-state index contributed by atoms with van der Waals surface area (Å²) >= 11 is 12.0. The first kappa shape index (κ1) is 19.6. The molecule has 4 nitrogen and oxygen atoms in total. The molecule has 0 bridgehead atoms. The van der Waals surface area contributed by atoms with E-state index in [2.05, 4.69) is 0 Å². The van der Waals surface area contributed by atoms with Gasteiger partial charge in [0.2, 0.25) is 6.41 Å². The zero-order valence-electron chi connectivity index (χ0n) is 13.8. The van der Waals surface area contributed by atoms with Crippen LogP contribution in [0.3, 0.4) is 0 Å². The monoisotopic (exact) mass is 419 g/mol. The van der Waals surface area contributed by atoms with E-state index in [0.29, 0.717) is 24.9 Å². The van der Waals surface area contributed by atoms with Crippen LogP contribution in [0.1, 0.15) is 22.7 Å². The molecule has 27 heavy (non-hydrogen) atoms. The van der Waals surface area contributed by atoms with E-state index >= 15 is 0 Å². The number of hydrogen-bond acceptors (Lipinski definition) is 3. The van der Waals surface area contributed by atoms with Crippen molar-refractivity contribution >= 4 is 29.6 Å². The van der Waals surface area contributed by atoms with Crippen molar-refractivity contribution in [3.8, 4) is 11.5 Å². The molecule has 0 fully saturated rings. The van der Waals surface area contributed by atoms with Crippen LogP contribution in [-0.2, 0) is 11.2 Å². The van der Waals surface area contributed by atoms with Gasteiger partial charge < -0.3 is 14.7 Å². The maximum absolute atomic E-state index is 12.4. The van der Waals surface area contributed by atoms with E-state index in [1.165, 1.54) is 23.1 Å². The topological polar surface area (TPSA) is 49.8 Å². The Morgan fingerprint density at radius 3 is 2.48 bits per heavy atom. The van der Waals surface area contributed by atoms with Crippen LogP contribution in [-0.4, -0.2) is 35.7 Å². The second-order valence-corrected chi connectivity index (χ2v) is 6.91. The predicted octanol–water partition coefficient (Wildman–Crippen LogP) is 4.74. The zero-order valence-corrected chi connectivity index (χ0v) is 15.3. The van der Waals surface area contributed by atoms with Crippen molar-refractivity contribution in [2.45, 2.75) is 18.6 Å². The number of hydrogen-bond donors (Lipinski definition) is 1. The van der Waals surface area contributed by atoms with Crippen LogP contribution < -0.4 is 4.74 Å². The van der Waals surface area contributed by atoms with Gasteiger partial charge in [0.1, 0.15) is 5.75 Å². The zero-order chi connectivity index (χ0) is 19.8. The summed E-state index contributed by atoms with van der Waals surface area (Å²) in [5, 5.41) is 9.84. The van der Waals surface area contributed by atoms with E-state index in [-0.39, 0.29) is 21.5 Å². The number of alkyl halides is 3. The van der Waals surface area contributed by atoms with Gasteiger partial charge in [-0.3, -0.25) is 4.79 Å². The molecule has 3 rings (SSSR count). The van der Waals surface area contributed by atoms with Crippen LogP contribution in [0, 0.1) is 0 Å². The number of carbonyl (C=O) groups is 1. The molecule has 144 valence electrons. The van der Waals surface area contributed by atoms with Crippen LogP contribution in [0.25, 0.3) is 0 Å². The number of fused-ring (bicyclic) bond motifs is 1. The fraction of sp³-hybridized carbons (Fsp3) is 0.278. The Hall–Kier alpha value is -2.12. The summed E-state index contributed by atoms with van der Waals surface area (Å²) in [6.07, 6.45) is -3.27. The number of amides is 1. The average Bonchev–Trinajstić information content (AvgIpc) is 2.62. The van der Waals surface area contributed by atoms with E-state index in [9.17, 15) is 23.1 Å². The molecule has 2 aromatic rings. The number of aromatic hydroxyl groups is 1. The van der Waals surface area contributed by atoms with Crippen molar-refractivity contribution in [1.29, 1.82) is 0 Å². The van der Waals surface area contributed by atoms with E-state index in [1.807, 2.05) is 0 Å². The lowest BCUT2D eigenvalue weighted by Gasteiger charge is -2.35. The lowest BCUT2D eigenvalue weighted by atomic mass is 9.88. The van der Waals surface area contributed by atoms with Crippen molar-refractivity contribution in [3.05, 3.63) is 57.1 Å². The predicted molar refractivity (Wildman–Crippen MR) is 94.4 cm³/mol. The minimum atomic E-state index is -4.42. The van der Waals surface area contributed by atoms with E-state index < -0.39 is 18.8 Å². The number of rotatable bonds is 4. The summed E-state index contributed by atoms with van der Waals surface area (Å²) in [6.45, 7) is -1.02. The molecule has 1 heterocycles. The van der Waals surface area contributed by atoms with Gasteiger partial charge in [-0.2, -0.15) is 13.2 Å². The summed E-state index contributed by atoms with van der Waals surface area (Å²) in [7, 11) is 0. The van der Waals surface area contributed by atoms with Crippen LogP contribution in [0.2, 0.25) is 10.0 Å². The summed E-state index contributed by atoms with van der Waals surface area (Å²) < 4.78 is 41.9. The minimum absolute atomic E-state index is 0.0422. The summed E-state index contributed by atoms with van der Waals surface area (Å²) in [6, 6.07) is 7.07. The number of phenols is 1. The van der Waals surface area contributed by atoms with Crippen LogP contribution in [0.5, 0.6) is 11.5 Å². The normalized spacial score (nSPS) is 16.8. The number of ether oxygens (including phenoxy) is 1. The Kier molecular flexibility index (Phi) is 5.44. The van der Waals surface area contributed by atoms with Gasteiger partial charge in [-0.15, -0.1) is 0 Å². The van der Waals surface area contributed by atoms with Crippen LogP contribution >= 0.6 is 23.2 Å². The Labute approximate surface area is 163 Å². The maximum atomic E-state index is 12.4. The Morgan fingerprint density at radius 1 is 1.22 bits per heavy atom. The van der Waals surface area contributed by atoms with Gasteiger partial charge in [0.25, 0.3) is 0 Å². The van der Waals surface area contributed by atoms with Crippen molar-refractivity contribution in [2.75, 3.05) is 13.2 Å². The molecule has 1 aliphatic rings. The molecular weight excluding hydrogens is 406 g/mol. The average molecular weight is 420 g/mol. The largest absolute Gasteiger partial charge is 0.505 e. The molecule has 0 aliphatic carbocycles. The molecule has 1 N–H and O–H groups in total. The molecule has 9 heteroatoms.